The normalized spacial score (nSPS) is 11.0. The molecule has 5 heteroatoms. The number of amides is 1. The van der Waals surface area contributed by atoms with E-state index in [0.717, 1.165) is 37.4 Å². The maximum absolute atomic E-state index is 12.3. The van der Waals surface area contributed by atoms with Crippen LogP contribution in [0.2, 0.25) is 0 Å². The Balaban J connectivity index is 1.92. The van der Waals surface area contributed by atoms with Crippen molar-refractivity contribution in [2.75, 3.05) is 26.2 Å². The largest absolute Gasteiger partial charge is 0.352 e. The van der Waals surface area contributed by atoms with Gasteiger partial charge in [-0.3, -0.25) is 4.79 Å². The van der Waals surface area contributed by atoms with Crippen molar-refractivity contribution in [1.82, 2.24) is 20.0 Å². The second-order valence-corrected chi connectivity index (χ2v) is 5.53. The van der Waals surface area contributed by atoms with Gasteiger partial charge in [0.05, 0.1) is 23.1 Å². The molecule has 0 aliphatic heterocycles. The van der Waals surface area contributed by atoms with Crippen molar-refractivity contribution < 1.29 is 4.79 Å². The number of nitrogens with zero attached hydrogens (tertiary/aromatic N) is 3. The van der Waals surface area contributed by atoms with Crippen LogP contribution in [0.15, 0.2) is 36.5 Å². The Kier molecular flexibility index (Phi) is 6.35. The van der Waals surface area contributed by atoms with Crippen LogP contribution in [-0.2, 0) is 0 Å². The van der Waals surface area contributed by atoms with E-state index in [0.29, 0.717) is 12.1 Å². The van der Waals surface area contributed by atoms with E-state index in [9.17, 15) is 4.79 Å². The van der Waals surface area contributed by atoms with Gasteiger partial charge < -0.3 is 10.2 Å². The van der Waals surface area contributed by atoms with Crippen molar-refractivity contribution in [2.45, 2.75) is 27.2 Å². The van der Waals surface area contributed by atoms with Gasteiger partial charge >= 0.3 is 0 Å². The highest BCUT2D eigenvalue weighted by atomic mass is 16.1. The van der Waals surface area contributed by atoms with Gasteiger partial charge in [-0.2, -0.15) is 5.10 Å². The van der Waals surface area contributed by atoms with E-state index in [4.69, 9.17) is 0 Å². The SMILES string of the molecule is CCN(CC)CCCNC(=O)c1cnn(-c2ccccc2)c1C. The van der Waals surface area contributed by atoms with E-state index in [1.807, 2.05) is 37.3 Å². The van der Waals surface area contributed by atoms with Crippen LogP contribution < -0.4 is 5.32 Å². The monoisotopic (exact) mass is 314 g/mol. The summed E-state index contributed by atoms with van der Waals surface area (Å²) in [6.45, 7) is 10.0. The number of benzene rings is 1. The zero-order chi connectivity index (χ0) is 16.7. The third-order valence-corrected chi connectivity index (χ3v) is 4.09. The minimum Gasteiger partial charge on any atom is -0.352 e. The van der Waals surface area contributed by atoms with Crippen molar-refractivity contribution in [1.29, 1.82) is 0 Å². The molecule has 1 amide bonds. The lowest BCUT2D eigenvalue weighted by atomic mass is 10.2. The zero-order valence-electron chi connectivity index (χ0n) is 14.2. The topological polar surface area (TPSA) is 50.2 Å². The summed E-state index contributed by atoms with van der Waals surface area (Å²) in [5, 5.41) is 7.33. The number of hydrogen-bond acceptors (Lipinski definition) is 3. The summed E-state index contributed by atoms with van der Waals surface area (Å²) in [5.41, 5.74) is 2.46. The molecule has 23 heavy (non-hydrogen) atoms. The van der Waals surface area contributed by atoms with Crippen LogP contribution >= 0.6 is 0 Å². The molecule has 0 atom stereocenters. The van der Waals surface area contributed by atoms with Gasteiger partial charge in [-0.15, -0.1) is 0 Å². The van der Waals surface area contributed by atoms with Crippen LogP contribution in [-0.4, -0.2) is 46.8 Å². The second-order valence-electron chi connectivity index (χ2n) is 5.53. The highest BCUT2D eigenvalue weighted by molar-refractivity contribution is 5.95. The molecule has 2 aromatic rings. The van der Waals surface area contributed by atoms with E-state index < -0.39 is 0 Å². The quantitative estimate of drug-likeness (QED) is 0.762. The lowest BCUT2D eigenvalue weighted by Crippen LogP contribution is -2.30. The van der Waals surface area contributed by atoms with Crippen molar-refractivity contribution in [2.24, 2.45) is 0 Å². The molecule has 124 valence electrons. The van der Waals surface area contributed by atoms with Gasteiger partial charge in [-0.05, 0) is 45.1 Å². The van der Waals surface area contributed by atoms with E-state index in [1.165, 1.54) is 0 Å². The molecule has 0 bridgehead atoms. The standard InChI is InChI=1S/C18H26N4O/c1-4-21(5-2)13-9-12-19-18(23)17-14-20-22(15(17)3)16-10-7-6-8-11-16/h6-8,10-11,14H,4-5,9,12-13H2,1-3H3,(H,19,23). The van der Waals surface area contributed by atoms with Crippen LogP contribution in [0.25, 0.3) is 5.69 Å². The summed E-state index contributed by atoms with van der Waals surface area (Å²) in [5.74, 6) is -0.0516. The minimum atomic E-state index is -0.0516. The maximum atomic E-state index is 12.3. The van der Waals surface area contributed by atoms with Gasteiger partial charge in [0.15, 0.2) is 0 Å². The lowest BCUT2D eigenvalue weighted by molar-refractivity contribution is 0.0951. The molecule has 0 spiro atoms. The van der Waals surface area contributed by atoms with Crippen LogP contribution in [0.5, 0.6) is 0 Å². The summed E-state index contributed by atoms with van der Waals surface area (Å²) in [4.78, 5) is 14.7. The number of carbonyl (C=O) groups is 1. The zero-order valence-corrected chi connectivity index (χ0v) is 14.2. The first-order chi connectivity index (χ1) is 11.2. The molecule has 0 saturated carbocycles. The Labute approximate surface area is 138 Å². The summed E-state index contributed by atoms with van der Waals surface area (Å²) in [6.07, 6.45) is 2.60. The molecule has 0 radical (unpaired) electrons. The van der Waals surface area contributed by atoms with Crippen LogP contribution in [0.3, 0.4) is 0 Å². The highest BCUT2D eigenvalue weighted by Gasteiger charge is 2.14. The Hall–Kier alpha value is -2.14. The fourth-order valence-corrected chi connectivity index (χ4v) is 2.60. The van der Waals surface area contributed by atoms with Crippen molar-refractivity contribution >= 4 is 5.91 Å². The Bertz CT molecular complexity index is 617. The first kappa shape index (κ1) is 17.2. The first-order valence-electron chi connectivity index (χ1n) is 8.28. The number of nitrogens with one attached hydrogen (secondary N) is 1. The molecule has 2 rings (SSSR count). The molecule has 0 aliphatic rings. The van der Waals surface area contributed by atoms with Crippen LogP contribution in [0.1, 0.15) is 36.3 Å². The fourth-order valence-electron chi connectivity index (χ4n) is 2.60. The number of rotatable bonds is 8. The molecule has 0 saturated heterocycles. The molecule has 1 aromatic carbocycles. The third-order valence-electron chi connectivity index (χ3n) is 4.09. The average molecular weight is 314 g/mol. The van der Waals surface area contributed by atoms with Gasteiger partial charge in [-0.25, -0.2) is 4.68 Å². The van der Waals surface area contributed by atoms with Gasteiger partial charge in [0.2, 0.25) is 0 Å². The molecular weight excluding hydrogens is 288 g/mol. The smallest absolute Gasteiger partial charge is 0.254 e. The summed E-state index contributed by atoms with van der Waals surface area (Å²) in [6, 6.07) is 9.84. The predicted octanol–water partition coefficient (Wildman–Crippen LogP) is 2.64. The van der Waals surface area contributed by atoms with Gasteiger partial charge in [0.25, 0.3) is 5.91 Å². The van der Waals surface area contributed by atoms with E-state index >= 15 is 0 Å². The molecule has 1 aromatic heterocycles. The molecule has 0 fully saturated rings. The Morgan fingerprint density at radius 3 is 2.57 bits per heavy atom. The number of para-hydroxylation sites is 1. The number of aromatic nitrogens is 2. The maximum Gasteiger partial charge on any atom is 0.254 e. The van der Waals surface area contributed by atoms with Crippen molar-refractivity contribution in [3.05, 3.63) is 47.8 Å². The van der Waals surface area contributed by atoms with Crippen LogP contribution in [0, 0.1) is 6.92 Å². The second kappa shape index (κ2) is 8.48. The summed E-state index contributed by atoms with van der Waals surface area (Å²) >= 11 is 0. The van der Waals surface area contributed by atoms with E-state index in [-0.39, 0.29) is 5.91 Å². The molecule has 5 nitrogen and oxygen atoms in total. The average Bonchev–Trinajstić information content (AvgIpc) is 2.97. The third kappa shape index (κ3) is 4.42. The lowest BCUT2D eigenvalue weighted by Gasteiger charge is -2.17. The molecule has 1 heterocycles. The first-order valence-corrected chi connectivity index (χ1v) is 8.28. The van der Waals surface area contributed by atoms with Gasteiger partial charge in [0, 0.05) is 6.54 Å². The predicted molar refractivity (Wildman–Crippen MR) is 93.0 cm³/mol. The number of hydrogen-bond donors (Lipinski definition) is 1. The Morgan fingerprint density at radius 1 is 1.22 bits per heavy atom. The molecule has 0 aliphatic carbocycles. The van der Waals surface area contributed by atoms with Crippen LogP contribution in [0.4, 0.5) is 0 Å². The van der Waals surface area contributed by atoms with Crippen molar-refractivity contribution in [3.63, 3.8) is 0 Å². The fraction of sp³-hybridized carbons (Fsp3) is 0.444. The van der Waals surface area contributed by atoms with Gasteiger partial charge in [-0.1, -0.05) is 32.0 Å². The highest BCUT2D eigenvalue weighted by Crippen LogP contribution is 2.13. The van der Waals surface area contributed by atoms with Gasteiger partial charge in [0.1, 0.15) is 0 Å². The van der Waals surface area contributed by atoms with E-state index in [2.05, 4.69) is 29.2 Å². The van der Waals surface area contributed by atoms with E-state index in [1.54, 1.807) is 10.9 Å². The summed E-state index contributed by atoms with van der Waals surface area (Å²) < 4.78 is 1.80. The van der Waals surface area contributed by atoms with Crippen molar-refractivity contribution in [3.8, 4) is 5.69 Å². The summed E-state index contributed by atoms with van der Waals surface area (Å²) in [7, 11) is 0. The Morgan fingerprint density at radius 2 is 1.91 bits per heavy atom. The molecule has 1 N–H and O–H groups in total. The molecule has 0 unspecified atom stereocenters. The molecular formula is C18H26N4O. The minimum absolute atomic E-state index is 0.0516. The number of carbonyl (C=O) groups excluding carboxylic acids is 1.